The second kappa shape index (κ2) is 8.86. The van der Waals surface area contributed by atoms with E-state index in [0.717, 1.165) is 31.7 Å². The Hall–Kier alpha value is -1.45. The number of amides is 1. The second-order valence-corrected chi connectivity index (χ2v) is 6.12. The smallest absolute Gasteiger partial charge is 0.229 e. The van der Waals surface area contributed by atoms with Crippen LogP contribution in [0.25, 0.3) is 0 Å². The summed E-state index contributed by atoms with van der Waals surface area (Å²) in [6, 6.07) is 3.40. The highest BCUT2D eigenvalue weighted by molar-refractivity contribution is 5.94. The Balaban J connectivity index is 3.04. The minimum Gasteiger partial charge on any atom is -0.309 e. The van der Waals surface area contributed by atoms with Gasteiger partial charge in [0.1, 0.15) is 11.6 Å². The van der Waals surface area contributed by atoms with Gasteiger partial charge in [-0.15, -0.1) is 0 Å². The van der Waals surface area contributed by atoms with Crippen molar-refractivity contribution in [3.05, 3.63) is 29.8 Å². The molecular formula is C18H27F2NO. The average molecular weight is 311 g/mol. The number of benzene rings is 1. The number of anilines is 1. The number of hydrogen-bond donors (Lipinski definition) is 0. The van der Waals surface area contributed by atoms with Gasteiger partial charge < -0.3 is 4.90 Å². The van der Waals surface area contributed by atoms with E-state index in [1.165, 1.54) is 17.0 Å². The molecular weight excluding hydrogens is 284 g/mol. The minimum atomic E-state index is -0.681. The van der Waals surface area contributed by atoms with Gasteiger partial charge in [-0.3, -0.25) is 4.79 Å². The summed E-state index contributed by atoms with van der Waals surface area (Å²) in [5.74, 6) is -1.34. The molecule has 0 fully saturated rings. The molecule has 0 N–H and O–H groups in total. The zero-order valence-corrected chi connectivity index (χ0v) is 14.0. The molecule has 0 saturated heterocycles. The maximum Gasteiger partial charge on any atom is 0.229 e. The molecule has 0 aromatic heterocycles. The predicted octanol–water partition coefficient (Wildman–Crippen LogP) is 5.17. The topological polar surface area (TPSA) is 20.3 Å². The fraction of sp³-hybridized carbons (Fsp3) is 0.611. The zero-order valence-electron chi connectivity index (χ0n) is 14.0. The first kappa shape index (κ1) is 18.6. The average Bonchev–Trinajstić information content (AvgIpc) is 2.48. The van der Waals surface area contributed by atoms with Crippen LogP contribution in [0.4, 0.5) is 14.5 Å². The van der Waals surface area contributed by atoms with Crippen molar-refractivity contribution in [3.8, 4) is 0 Å². The van der Waals surface area contributed by atoms with E-state index in [-0.39, 0.29) is 17.5 Å². The first-order valence-corrected chi connectivity index (χ1v) is 8.17. The van der Waals surface area contributed by atoms with Gasteiger partial charge in [0.15, 0.2) is 0 Å². The molecule has 0 spiro atoms. The van der Waals surface area contributed by atoms with E-state index in [1.54, 1.807) is 13.8 Å². The Labute approximate surface area is 132 Å². The Morgan fingerprint density at radius 1 is 1.23 bits per heavy atom. The van der Waals surface area contributed by atoms with Crippen LogP contribution in [-0.4, -0.2) is 12.5 Å². The van der Waals surface area contributed by atoms with Crippen LogP contribution in [0.15, 0.2) is 18.2 Å². The summed E-state index contributed by atoms with van der Waals surface area (Å²) in [6.07, 6.45) is 4.13. The van der Waals surface area contributed by atoms with Crippen molar-refractivity contribution < 1.29 is 13.6 Å². The molecule has 2 nitrogen and oxygen atoms in total. The van der Waals surface area contributed by atoms with Crippen molar-refractivity contribution in [1.82, 2.24) is 0 Å². The number of carbonyl (C=O) groups excluding carboxylic acids is 1. The van der Waals surface area contributed by atoms with Crippen molar-refractivity contribution in [2.24, 2.45) is 11.8 Å². The molecule has 124 valence electrons. The Kier molecular flexibility index (Phi) is 7.49. The van der Waals surface area contributed by atoms with Gasteiger partial charge in [0.05, 0.1) is 5.69 Å². The fourth-order valence-electron chi connectivity index (χ4n) is 2.49. The molecule has 0 radical (unpaired) electrons. The Bertz CT molecular complexity index is 488. The maximum absolute atomic E-state index is 14.1. The van der Waals surface area contributed by atoms with Gasteiger partial charge in [0.2, 0.25) is 5.91 Å². The van der Waals surface area contributed by atoms with Crippen LogP contribution in [0.3, 0.4) is 0 Å². The van der Waals surface area contributed by atoms with Crippen molar-refractivity contribution >= 4 is 11.6 Å². The monoisotopic (exact) mass is 311 g/mol. The molecule has 0 aliphatic heterocycles. The number of rotatable bonds is 8. The first-order valence-electron chi connectivity index (χ1n) is 8.17. The number of unbranched alkanes of at least 4 members (excludes halogenated alkanes) is 1. The van der Waals surface area contributed by atoms with Crippen molar-refractivity contribution in [2.45, 2.75) is 53.4 Å². The molecule has 1 unspecified atom stereocenters. The highest BCUT2D eigenvalue weighted by Gasteiger charge is 2.24. The number of nitrogens with zero attached hydrogens (tertiary/aromatic N) is 1. The third-order valence-electron chi connectivity index (χ3n) is 3.94. The summed E-state index contributed by atoms with van der Waals surface area (Å²) in [6.45, 7) is 8.28. The standard InChI is InChI=1S/C18H27F2NO/c1-5-7-8-14(6-2)12-21(18(22)13(3)4)17-10-9-15(19)11-16(17)20/h9-11,13-14H,5-8,12H2,1-4H3. The first-order chi connectivity index (χ1) is 10.4. The Morgan fingerprint density at radius 2 is 1.91 bits per heavy atom. The molecule has 1 amide bonds. The van der Waals surface area contributed by atoms with E-state index in [1.807, 2.05) is 0 Å². The SMILES string of the molecule is CCCCC(CC)CN(C(=O)C(C)C)c1ccc(F)cc1F. The minimum absolute atomic E-state index is 0.125. The number of halogens is 2. The fourth-order valence-corrected chi connectivity index (χ4v) is 2.49. The quantitative estimate of drug-likeness (QED) is 0.648. The third kappa shape index (κ3) is 5.08. The zero-order chi connectivity index (χ0) is 16.7. The highest BCUT2D eigenvalue weighted by atomic mass is 19.1. The molecule has 0 aliphatic rings. The summed E-state index contributed by atoms with van der Waals surface area (Å²) >= 11 is 0. The van der Waals surface area contributed by atoms with E-state index in [4.69, 9.17) is 0 Å². The van der Waals surface area contributed by atoms with Gasteiger partial charge in [-0.2, -0.15) is 0 Å². The molecule has 4 heteroatoms. The lowest BCUT2D eigenvalue weighted by molar-refractivity contribution is -0.121. The highest BCUT2D eigenvalue weighted by Crippen LogP contribution is 2.25. The van der Waals surface area contributed by atoms with Crippen LogP contribution < -0.4 is 4.90 Å². The van der Waals surface area contributed by atoms with E-state index >= 15 is 0 Å². The third-order valence-corrected chi connectivity index (χ3v) is 3.94. The normalized spacial score (nSPS) is 12.5. The maximum atomic E-state index is 14.1. The van der Waals surface area contributed by atoms with Crippen LogP contribution in [0.1, 0.15) is 53.4 Å². The molecule has 1 aromatic carbocycles. The van der Waals surface area contributed by atoms with Crippen molar-refractivity contribution in [2.75, 3.05) is 11.4 Å². The lowest BCUT2D eigenvalue weighted by Crippen LogP contribution is -2.38. The predicted molar refractivity (Wildman–Crippen MR) is 86.9 cm³/mol. The van der Waals surface area contributed by atoms with E-state index in [9.17, 15) is 13.6 Å². The second-order valence-electron chi connectivity index (χ2n) is 6.12. The van der Waals surface area contributed by atoms with E-state index in [2.05, 4.69) is 13.8 Å². The summed E-state index contributed by atoms with van der Waals surface area (Å²) < 4.78 is 27.2. The number of hydrogen-bond acceptors (Lipinski definition) is 1. The van der Waals surface area contributed by atoms with E-state index in [0.29, 0.717) is 12.5 Å². The molecule has 22 heavy (non-hydrogen) atoms. The molecule has 1 atom stereocenters. The summed E-state index contributed by atoms with van der Waals surface area (Å²) in [5.41, 5.74) is 0.176. The van der Waals surface area contributed by atoms with Crippen LogP contribution in [0.5, 0.6) is 0 Å². The molecule has 0 heterocycles. The van der Waals surface area contributed by atoms with Crippen molar-refractivity contribution in [1.29, 1.82) is 0 Å². The molecule has 0 saturated carbocycles. The molecule has 0 aliphatic carbocycles. The summed E-state index contributed by atoms with van der Waals surface area (Å²) in [5, 5.41) is 0. The van der Waals surface area contributed by atoms with Gasteiger partial charge in [-0.05, 0) is 24.5 Å². The van der Waals surface area contributed by atoms with E-state index < -0.39 is 11.6 Å². The summed E-state index contributed by atoms with van der Waals surface area (Å²) in [7, 11) is 0. The lowest BCUT2D eigenvalue weighted by Gasteiger charge is -2.29. The van der Waals surface area contributed by atoms with Gasteiger partial charge >= 0.3 is 0 Å². The van der Waals surface area contributed by atoms with Crippen molar-refractivity contribution in [3.63, 3.8) is 0 Å². The molecule has 0 bridgehead atoms. The van der Waals surface area contributed by atoms with Crippen LogP contribution >= 0.6 is 0 Å². The van der Waals surface area contributed by atoms with Gasteiger partial charge in [-0.1, -0.05) is 47.0 Å². The van der Waals surface area contributed by atoms with Gasteiger partial charge in [-0.25, -0.2) is 8.78 Å². The number of carbonyl (C=O) groups is 1. The Morgan fingerprint density at radius 3 is 2.41 bits per heavy atom. The molecule has 1 rings (SSSR count). The largest absolute Gasteiger partial charge is 0.309 e. The lowest BCUT2D eigenvalue weighted by atomic mass is 9.97. The molecule has 1 aromatic rings. The van der Waals surface area contributed by atoms with Crippen LogP contribution in [0, 0.1) is 23.5 Å². The van der Waals surface area contributed by atoms with Crippen LogP contribution in [-0.2, 0) is 4.79 Å². The van der Waals surface area contributed by atoms with Gasteiger partial charge in [0.25, 0.3) is 0 Å². The van der Waals surface area contributed by atoms with Crippen LogP contribution in [0.2, 0.25) is 0 Å². The summed E-state index contributed by atoms with van der Waals surface area (Å²) in [4.78, 5) is 14.0. The van der Waals surface area contributed by atoms with Gasteiger partial charge in [0, 0.05) is 18.5 Å².